The van der Waals surface area contributed by atoms with E-state index in [1.165, 1.54) is 10.4 Å². The molecule has 14 heavy (non-hydrogen) atoms. The molecule has 1 aromatic rings. The molecule has 80 valence electrons. The molecule has 1 rings (SSSR count). The van der Waals surface area contributed by atoms with Crippen LogP contribution in [0.2, 0.25) is 0 Å². The van der Waals surface area contributed by atoms with E-state index in [2.05, 4.69) is 30.6 Å². The van der Waals surface area contributed by atoms with E-state index in [4.69, 9.17) is 0 Å². The first kappa shape index (κ1) is 11.7. The molecule has 3 heteroatoms. The van der Waals surface area contributed by atoms with Crippen molar-refractivity contribution in [1.82, 2.24) is 5.32 Å². The highest BCUT2D eigenvalue weighted by Gasteiger charge is 2.15. The van der Waals surface area contributed by atoms with Crippen LogP contribution < -0.4 is 5.32 Å². The van der Waals surface area contributed by atoms with Crippen LogP contribution in [0.15, 0.2) is 11.4 Å². The van der Waals surface area contributed by atoms with Gasteiger partial charge in [-0.1, -0.05) is 0 Å². The standard InChI is InChI=1S/C11H19NOS/c1-8-5-6-14-10(8)9(2)12-7-11(3,4)13/h5-6,9,12-13H,7H2,1-4H3/t9-/m0/s1. The molecule has 0 amide bonds. The van der Waals surface area contributed by atoms with Gasteiger partial charge in [-0.05, 0) is 44.7 Å². The summed E-state index contributed by atoms with van der Waals surface area (Å²) in [7, 11) is 0. The summed E-state index contributed by atoms with van der Waals surface area (Å²) in [5, 5.41) is 15.0. The van der Waals surface area contributed by atoms with E-state index < -0.39 is 5.60 Å². The molecule has 0 aromatic carbocycles. The zero-order chi connectivity index (χ0) is 10.8. The predicted molar refractivity (Wildman–Crippen MR) is 61.8 cm³/mol. The van der Waals surface area contributed by atoms with Crippen molar-refractivity contribution >= 4 is 11.3 Å². The largest absolute Gasteiger partial charge is 0.389 e. The van der Waals surface area contributed by atoms with Gasteiger partial charge in [-0.2, -0.15) is 0 Å². The van der Waals surface area contributed by atoms with Gasteiger partial charge >= 0.3 is 0 Å². The number of rotatable bonds is 4. The Morgan fingerprint density at radius 3 is 2.64 bits per heavy atom. The molecule has 1 aromatic heterocycles. The Morgan fingerprint density at radius 2 is 2.21 bits per heavy atom. The Morgan fingerprint density at radius 1 is 1.57 bits per heavy atom. The summed E-state index contributed by atoms with van der Waals surface area (Å²) in [6.45, 7) is 8.49. The first-order valence-corrected chi connectivity index (χ1v) is 5.78. The van der Waals surface area contributed by atoms with Gasteiger partial charge in [-0.15, -0.1) is 11.3 Å². The fourth-order valence-electron chi connectivity index (χ4n) is 1.32. The van der Waals surface area contributed by atoms with Gasteiger partial charge in [0.25, 0.3) is 0 Å². The van der Waals surface area contributed by atoms with Gasteiger partial charge in [0.05, 0.1) is 5.60 Å². The van der Waals surface area contributed by atoms with Gasteiger partial charge in [-0.3, -0.25) is 0 Å². The highest BCUT2D eigenvalue weighted by Crippen LogP contribution is 2.23. The summed E-state index contributed by atoms with van der Waals surface area (Å²) in [4.78, 5) is 1.36. The van der Waals surface area contributed by atoms with Crippen LogP contribution in [0.5, 0.6) is 0 Å². The topological polar surface area (TPSA) is 32.3 Å². The van der Waals surface area contributed by atoms with E-state index in [1.54, 1.807) is 11.3 Å². The van der Waals surface area contributed by atoms with Gasteiger partial charge in [-0.25, -0.2) is 0 Å². The summed E-state index contributed by atoms with van der Waals surface area (Å²) in [6.07, 6.45) is 0. The number of thiophene rings is 1. The van der Waals surface area contributed by atoms with E-state index in [0.717, 1.165) is 0 Å². The highest BCUT2D eigenvalue weighted by atomic mass is 32.1. The lowest BCUT2D eigenvalue weighted by Gasteiger charge is -2.21. The quantitative estimate of drug-likeness (QED) is 0.805. The third kappa shape index (κ3) is 3.40. The molecule has 0 spiro atoms. The average Bonchev–Trinajstić information content (AvgIpc) is 2.46. The van der Waals surface area contributed by atoms with Crippen molar-refractivity contribution in [3.05, 3.63) is 21.9 Å². The third-order valence-corrected chi connectivity index (χ3v) is 3.34. The smallest absolute Gasteiger partial charge is 0.0715 e. The molecule has 0 bridgehead atoms. The molecule has 1 heterocycles. The molecule has 0 aliphatic rings. The average molecular weight is 213 g/mol. The van der Waals surface area contributed by atoms with Gasteiger partial charge in [0.1, 0.15) is 0 Å². The van der Waals surface area contributed by atoms with E-state index in [0.29, 0.717) is 12.6 Å². The van der Waals surface area contributed by atoms with Crippen molar-refractivity contribution < 1.29 is 5.11 Å². The molecule has 0 saturated heterocycles. The van der Waals surface area contributed by atoms with Crippen molar-refractivity contribution in [2.24, 2.45) is 0 Å². The SMILES string of the molecule is Cc1ccsc1[C@H](C)NCC(C)(C)O. The van der Waals surface area contributed by atoms with Crippen LogP contribution in [0.3, 0.4) is 0 Å². The second-order valence-electron chi connectivity index (χ2n) is 4.38. The first-order chi connectivity index (χ1) is 6.40. The van der Waals surface area contributed by atoms with Crippen LogP contribution in [0, 0.1) is 6.92 Å². The summed E-state index contributed by atoms with van der Waals surface area (Å²) >= 11 is 1.76. The van der Waals surface area contributed by atoms with Crippen LogP contribution in [0.1, 0.15) is 37.3 Å². The second kappa shape index (κ2) is 4.43. The normalized spacial score (nSPS) is 14.4. The van der Waals surface area contributed by atoms with Gasteiger partial charge in [0.2, 0.25) is 0 Å². The zero-order valence-electron chi connectivity index (χ0n) is 9.29. The lowest BCUT2D eigenvalue weighted by Crippen LogP contribution is -2.35. The lowest BCUT2D eigenvalue weighted by molar-refractivity contribution is 0.0771. The minimum absolute atomic E-state index is 0.321. The van der Waals surface area contributed by atoms with Crippen molar-refractivity contribution in [1.29, 1.82) is 0 Å². The van der Waals surface area contributed by atoms with Crippen LogP contribution in [-0.2, 0) is 0 Å². The molecule has 2 nitrogen and oxygen atoms in total. The fourth-order valence-corrected chi connectivity index (χ4v) is 2.28. The molecule has 0 aliphatic carbocycles. The highest BCUT2D eigenvalue weighted by molar-refractivity contribution is 7.10. The van der Waals surface area contributed by atoms with Crippen LogP contribution >= 0.6 is 11.3 Å². The number of nitrogens with one attached hydrogen (secondary N) is 1. The summed E-state index contributed by atoms with van der Waals surface area (Å²) in [5.41, 5.74) is 0.685. The van der Waals surface area contributed by atoms with Crippen LogP contribution in [-0.4, -0.2) is 17.3 Å². The molecule has 0 saturated carbocycles. The van der Waals surface area contributed by atoms with Gasteiger partial charge < -0.3 is 10.4 Å². The van der Waals surface area contributed by atoms with Gasteiger partial charge in [0, 0.05) is 17.5 Å². The predicted octanol–water partition coefficient (Wildman–Crippen LogP) is 2.48. The number of hydrogen-bond donors (Lipinski definition) is 2. The van der Waals surface area contributed by atoms with Crippen LogP contribution in [0.25, 0.3) is 0 Å². The van der Waals surface area contributed by atoms with E-state index >= 15 is 0 Å². The third-order valence-electron chi connectivity index (χ3n) is 2.14. The molecule has 0 aliphatic heterocycles. The van der Waals surface area contributed by atoms with Crippen molar-refractivity contribution in [2.75, 3.05) is 6.54 Å². The van der Waals surface area contributed by atoms with E-state index in [9.17, 15) is 5.11 Å². The second-order valence-corrected chi connectivity index (χ2v) is 5.33. The molecule has 2 N–H and O–H groups in total. The Hall–Kier alpha value is -0.380. The minimum atomic E-state index is -0.639. The molecule has 0 fully saturated rings. The summed E-state index contributed by atoms with van der Waals surface area (Å²) < 4.78 is 0. The van der Waals surface area contributed by atoms with Crippen LogP contribution in [0.4, 0.5) is 0 Å². The van der Waals surface area contributed by atoms with Crippen molar-refractivity contribution in [3.8, 4) is 0 Å². The lowest BCUT2D eigenvalue weighted by atomic mass is 10.1. The fraction of sp³-hybridized carbons (Fsp3) is 0.636. The Balaban J connectivity index is 2.51. The monoisotopic (exact) mass is 213 g/mol. The molecule has 1 atom stereocenters. The first-order valence-electron chi connectivity index (χ1n) is 4.90. The maximum absolute atomic E-state index is 9.57. The summed E-state index contributed by atoms with van der Waals surface area (Å²) in [5.74, 6) is 0. The molecule has 0 unspecified atom stereocenters. The van der Waals surface area contributed by atoms with E-state index in [-0.39, 0.29) is 0 Å². The van der Waals surface area contributed by atoms with E-state index in [1.807, 2.05) is 13.8 Å². The zero-order valence-corrected chi connectivity index (χ0v) is 10.1. The summed E-state index contributed by atoms with van der Waals surface area (Å²) in [6, 6.07) is 2.45. The number of aliphatic hydroxyl groups is 1. The van der Waals surface area contributed by atoms with Crippen molar-refractivity contribution in [2.45, 2.75) is 39.3 Å². The molecule has 0 radical (unpaired) electrons. The Labute approximate surface area is 90.0 Å². The van der Waals surface area contributed by atoms with Gasteiger partial charge in [0.15, 0.2) is 0 Å². The maximum atomic E-state index is 9.57. The van der Waals surface area contributed by atoms with Crippen molar-refractivity contribution in [3.63, 3.8) is 0 Å². The maximum Gasteiger partial charge on any atom is 0.0715 e. The minimum Gasteiger partial charge on any atom is -0.389 e. The Bertz CT molecular complexity index is 288. The Kier molecular flexibility index (Phi) is 3.70. The number of hydrogen-bond acceptors (Lipinski definition) is 3. The molecular formula is C11H19NOS. The molecular weight excluding hydrogens is 194 g/mol. The number of aryl methyl sites for hydroxylation is 1.